The van der Waals surface area contributed by atoms with Crippen LogP contribution >= 0.6 is 0 Å². The number of hydrogen-bond acceptors (Lipinski definition) is 6. The second kappa shape index (κ2) is 9.99. The van der Waals surface area contributed by atoms with Crippen LogP contribution in [0.25, 0.3) is 16.6 Å². The molecule has 1 heterocycles. The van der Waals surface area contributed by atoms with Gasteiger partial charge in [-0.15, -0.1) is 13.2 Å². The van der Waals surface area contributed by atoms with Gasteiger partial charge in [-0.3, -0.25) is 9.52 Å². The molecule has 0 spiro atoms. The molecule has 0 aliphatic heterocycles. The molecule has 0 saturated carbocycles. The van der Waals surface area contributed by atoms with Crippen LogP contribution in [0.4, 0.5) is 32.0 Å². The molecule has 0 atom stereocenters. The minimum atomic E-state index is -5.17. The van der Waals surface area contributed by atoms with E-state index in [1.165, 1.54) is 24.3 Å². The molecule has 9 nitrogen and oxygen atoms in total. The molecule has 0 bridgehead atoms. The number of amides is 1. The molecule has 1 amide bonds. The van der Waals surface area contributed by atoms with Crippen LogP contribution in [0.1, 0.15) is 16.1 Å². The molecular formula is C24H17F6N3O6S2. The summed E-state index contributed by atoms with van der Waals surface area (Å²) >= 11 is 0. The highest BCUT2D eigenvalue weighted by molar-refractivity contribution is 7.92. The number of halogens is 6. The van der Waals surface area contributed by atoms with E-state index in [9.17, 15) is 48.0 Å². The first-order chi connectivity index (χ1) is 18.7. The van der Waals surface area contributed by atoms with E-state index in [4.69, 9.17) is 5.73 Å². The van der Waals surface area contributed by atoms with Crippen LogP contribution in [0.3, 0.4) is 0 Å². The Hall–Kier alpha value is -4.25. The van der Waals surface area contributed by atoms with Crippen molar-refractivity contribution >= 4 is 42.4 Å². The van der Waals surface area contributed by atoms with Crippen molar-refractivity contribution in [2.75, 3.05) is 11.0 Å². The molecule has 0 radical (unpaired) electrons. The van der Waals surface area contributed by atoms with Gasteiger partial charge < -0.3 is 15.0 Å². The standard InChI is InChI=1S/C24H17F6N3O6S2/c1-40(35,36)32-15-6-5-13-7-21(22(31)34)33(20(13)10-15)16-8-14(23(25,26)27)9-19(11-16)41(37,38)18-4-2-3-17(12-18)39-24(28,29)30/h2-12,32H,1H3,(H2,31,34). The first-order valence-corrected chi connectivity index (χ1v) is 14.4. The van der Waals surface area contributed by atoms with Gasteiger partial charge in [-0.05, 0) is 54.6 Å². The Labute approximate surface area is 228 Å². The largest absolute Gasteiger partial charge is 0.573 e. The lowest BCUT2D eigenvalue weighted by atomic mass is 10.2. The second-order valence-corrected chi connectivity index (χ2v) is 12.3. The number of fused-ring (bicyclic) bond motifs is 1. The number of alkyl halides is 6. The number of ether oxygens (including phenoxy) is 1. The van der Waals surface area contributed by atoms with E-state index >= 15 is 0 Å². The number of primary amides is 1. The molecule has 0 aliphatic rings. The van der Waals surface area contributed by atoms with Crippen LogP contribution in [0, 0.1) is 0 Å². The van der Waals surface area contributed by atoms with Crippen molar-refractivity contribution in [2.45, 2.75) is 22.3 Å². The highest BCUT2D eigenvalue weighted by atomic mass is 32.2. The van der Waals surface area contributed by atoms with Crippen molar-refractivity contribution in [1.29, 1.82) is 0 Å². The summed E-state index contributed by atoms with van der Waals surface area (Å²) in [6.45, 7) is 0. The number of carbonyl (C=O) groups is 1. The van der Waals surface area contributed by atoms with Crippen molar-refractivity contribution in [3.63, 3.8) is 0 Å². The maximum Gasteiger partial charge on any atom is 0.573 e. The Morgan fingerprint density at radius 1 is 0.878 bits per heavy atom. The third-order valence-electron chi connectivity index (χ3n) is 5.50. The van der Waals surface area contributed by atoms with E-state index in [0.29, 0.717) is 12.1 Å². The van der Waals surface area contributed by atoms with E-state index < -0.39 is 65.1 Å². The summed E-state index contributed by atoms with van der Waals surface area (Å²) in [4.78, 5) is 10.5. The number of benzene rings is 3. The number of sulfonamides is 1. The van der Waals surface area contributed by atoms with Crippen LogP contribution in [0.2, 0.25) is 0 Å². The number of aromatic nitrogens is 1. The van der Waals surface area contributed by atoms with Crippen LogP contribution in [0.15, 0.2) is 76.5 Å². The second-order valence-electron chi connectivity index (χ2n) is 8.62. The molecule has 4 rings (SSSR count). The molecule has 0 fully saturated rings. The van der Waals surface area contributed by atoms with E-state index in [0.717, 1.165) is 35.1 Å². The normalized spacial score (nSPS) is 12.9. The zero-order chi connectivity index (χ0) is 30.5. The Kier molecular flexibility index (Phi) is 7.24. The lowest BCUT2D eigenvalue weighted by Crippen LogP contribution is -2.18. The van der Waals surface area contributed by atoms with Crippen molar-refractivity contribution in [3.05, 3.63) is 78.0 Å². The molecule has 17 heteroatoms. The van der Waals surface area contributed by atoms with Crippen molar-refractivity contribution in [1.82, 2.24) is 4.57 Å². The fourth-order valence-electron chi connectivity index (χ4n) is 3.94. The summed E-state index contributed by atoms with van der Waals surface area (Å²) in [6, 6.07) is 9.70. The van der Waals surface area contributed by atoms with Gasteiger partial charge in [0.1, 0.15) is 11.4 Å². The molecule has 41 heavy (non-hydrogen) atoms. The molecule has 0 unspecified atom stereocenters. The van der Waals surface area contributed by atoms with Gasteiger partial charge in [0.05, 0.1) is 32.8 Å². The Balaban J connectivity index is 1.99. The summed E-state index contributed by atoms with van der Waals surface area (Å²) in [7, 11) is -8.69. The number of hydrogen-bond donors (Lipinski definition) is 2. The van der Waals surface area contributed by atoms with Crippen LogP contribution in [-0.4, -0.2) is 39.9 Å². The van der Waals surface area contributed by atoms with Gasteiger partial charge in [-0.1, -0.05) is 12.1 Å². The quantitative estimate of drug-likeness (QED) is 0.283. The predicted octanol–water partition coefficient (Wildman–Crippen LogP) is 4.85. The van der Waals surface area contributed by atoms with Gasteiger partial charge in [0.25, 0.3) is 5.91 Å². The summed E-state index contributed by atoms with van der Waals surface area (Å²) < 4.78 is 137. The minimum absolute atomic E-state index is 0.0179. The van der Waals surface area contributed by atoms with Gasteiger partial charge in [-0.2, -0.15) is 13.2 Å². The lowest BCUT2D eigenvalue weighted by Gasteiger charge is -2.16. The Morgan fingerprint density at radius 2 is 1.56 bits per heavy atom. The number of rotatable bonds is 7. The number of anilines is 1. The average Bonchev–Trinajstić information content (AvgIpc) is 3.20. The van der Waals surface area contributed by atoms with Crippen LogP contribution in [0.5, 0.6) is 5.75 Å². The minimum Gasteiger partial charge on any atom is -0.406 e. The SMILES string of the molecule is CS(=O)(=O)Nc1ccc2cc(C(N)=O)n(-c3cc(C(F)(F)F)cc(S(=O)(=O)c4cccc(OC(F)(F)F)c4)c3)c2c1. The van der Waals surface area contributed by atoms with Crippen molar-refractivity contribution in [3.8, 4) is 11.4 Å². The molecule has 0 aliphatic carbocycles. The third kappa shape index (κ3) is 6.57. The fourth-order valence-corrected chi connectivity index (χ4v) is 5.86. The van der Waals surface area contributed by atoms with E-state index in [-0.39, 0.29) is 28.4 Å². The third-order valence-corrected chi connectivity index (χ3v) is 7.83. The molecule has 3 N–H and O–H groups in total. The van der Waals surface area contributed by atoms with Gasteiger partial charge in [0, 0.05) is 11.1 Å². The highest BCUT2D eigenvalue weighted by Gasteiger charge is 2.35. The smallest absolute Gasteiger partial charge is 0.406 e. The zero-order valence-electron chi connectivity index (χ0n) is 20.4. The maximum absolute atomic E-state index is 13.9. The van der Waals surface area contributed by atoms with Gasteiger partial charge in [0.15, 0.2) is 0 Å². The molecular weight excluding hydrogens is 604 g/mol. The summed E-state index contributed by atoms with van der Waals surface area (Å²) in [6.07, 6.45) is -9.43. The Bertz CT molecular complexity index is 1900. The maximum atomic E-state index is 13.9. The fraction of sp³-hybridized carbons (Fsp3) is 0.125. The number of nitrogens with two attached hydrogens (primary N) is 1. The predicted molar refractivity (Wildman–Crippen MR) is 134 cm³/mol. The average molecular weight is 622 g/mol. The topological polar surface area (TPSA) is 138 Å². The zero-order valence-corrected chi connectivity index (χ0v) is 22.0. The molecule has 3 aromatic carbocycles. The van der Waals surface area contributed by atoms with E-state index in [1.807, 2.05) is 0 Å². The summed E-state index contributed by atoms with van der Waals surface area (Å²) in [5, 5.41) is 0.233. The van der Waals surface area contributed by atoms with Crippen molar-refractivity contribution < 1.29 is 52.7 Å². The summed E-state index contributed by atoms with van der Waals surface area (Å²) in [5.74, 6) is -2.04. The molecule has 1 aromatic heterocycles. The molecule has 4 aromatic rings. The Morgan fingerprint density at radius 3 is 2.15 bits per heavy atom. The van der Waals surface area contributed by atoms with Gasteiger partial charge in [-0.25, -0.2) is 16.8 Å². The van der Waals surface area contributed by atoms with Crippen LogP contribution < -0.4 is 15.2 Å². The van der Waals surface area contributed by atoms with Gasteiger partial charge in [0.2, 0.25) is 19.9 Å². The van der Waals surface area contributed by atoms with E-state index in [1.54, 1.807) is 0 Å². The number of sulfone groups is 1. The molecule has 218 valence electrons. The lowest BCUT2D eigenvalue weighted by molar-refractivity contribution is -0.274. The number of nitrogens with zero attached hydrogens (tertiary/aromatic N) is 1. The summed E-state index contributed by atoms with van der Waals surface area (Å²) in [5.41, 5.74) is 3.03. The molecule has 0 saturated heterocycles. The highest BCUT2D eigenvalue weighted by Crippen LogP contribution is 2.37. The van der Waals surface area contributed by atoms with Gasteiger partial charge >= 0.3 is 12.5 Å². The first-order valence-electron chi connectivity index (χ1n) is 11.0. The van der Waals surface area contributed by atoms with Crippen molar-refractivity contribution in [2.24, 2.45) is 5.73 Å². The number of nitrogens with one attached hydrogen (secondary N) is 1. The van der Waals surface area contributed by atoms with Crippen LogP contribution in [-0.2, 0) is 26.0 Å². The first kappa shape index (κ1) is 29.7. The number of carbonyl (C=O) groups excluding carboxylic acids is 1. The monoisotopic (exact) mass is 621 g/mol. The van der Waals surface area contributed by atoms with E-state index in [2.05, 4.69) is 9.46 Å².